The summed E-state index contributed by atoms with van der Waals surface area (Å²) in [5, 5.41) is 7.06. The highest BCUT2D eigenvalue weighted by Crippen LogP contribution is 2.24. The van der Waals surface area contributed by atoms with Crippen LogP contribution in [0.2, 0.25) is 5.02 Å². The second-order valence-electron chi connectivity index (χ2n) is 5.66. The molecule has 1 aliphatic heterocycles. The summed E-state index contributed by atoms with van der Waals surface area (Å²) in [7, 11) is 0. The van der Waals surface area contributed by atoms with Crippen molar-refractivity contribution in [1.29, 1.82) is 0 Å². The Bertz CT molecular complexity index is 666. The van der Waals surface area contributed by atoms with Crippen LogP contribution in [0.5, 0.6) is 0 Å². The van der Waals surface area contributed by atoms with E-state index in [1.54, 1.807) is 0 Å². The van der Waals surface area contributed by atoms with Crippen LogP contribution < -0.4 is 10.6 Å². The third kappa shape index (κ3) is 4.95. The van der Waals surface area contributed by atoms with E-state index < -0.39 is 0 Å². The first-order valence-electron chi connectivity index (χ1n) is 7.77. The minimum absolute atomic E-state index is 0. The fourth-order valence-electron chi connectivity index (χ4n) is 2.88. The van der Waals surface area contributed by atoms with E-state index >= 15 is 0 Å². The Hall–Kier alpha value is -1.59. The largest absolute Gasteiger partial charge is 0.325 e. The molecule has 1 heterocycles. The zero-order valence-corrected chi connectivity index (χ0v) is 14.8. The van der Waals surface area contributed by atoms with E-state index in [1.165, 1.54) is 0 Å². The molecule has 0 spiro atoms. The van der Waals surface area contributed by atoms with Gasteiger partial charge >= 0.3 is 0 Å². The Labute approximate surface area is 153 Å². The summed E-state index contributed by atoms with van der Waals surface area (Å²) in [6.45, 7) is 2.90. The van der Waals surface area contributed by atoms with Gasteiger partial charge in [0.05, 0.1) is 6.54 Å². The molecule has 4 nitrogen and oxygen atoms in total. The summed E-state index contributed by atoms with van der Waals surface area (Å²) < 4.78 is 0. The van der Waals surface area contributed by atoms with Gasteiger partial charge in [-0.1, -0.05) is 41.9 Å². The molecule has 0 aliphatic carbocycles. The Morgan fingerprint density at radius 3 is 2.75 bits per heavy atom. The van der Waals surface area contributed by atoms with Gasteiger partial charge in [0.15, 0.2) is 0 Å². The second kappa shape index (κ2) is 9.04. The number of para-hydroxylation sites is 1. The highest BCUT2D eigenvalue weighted by Gasteiger charge is 2.25. The van der Waals surface area contributed by atoms with Crippen LogP contribution in [0.3, 0.4) is 0 Å². The van der Waals surface area contributed by atoms with Crippen LogP contribution in [-0.4, -0.2) is 37.0 Å². The van der Waals surface area contributed by atoms with Crippen LogP contribution in [0.25, 0.3) is 0 Å². The van der Waals surface area contributed by atoms with Crippen LogP contribution in [0.1, 0.15) is 11.6 Å². The first-order chi connectivity index (χ1) is 11.2. The Morgan fingerprint density at radius 1 is 1.21 bits per heavy atom. The standard InChI is InChI=1S/C18H20ClN3O.ClH/c19-15-6-4-5-14(11-15)17-12-20-9-10-22(17)13-18(23)21-16-7-2-1-3-8-16;/h1-8,11,17,20H,9-10,12-13H2,(H,21,23);1H. The van der Waals surface area contributed by atoms with Gasteiger partial charge in [0.2, 0.25) is 5.91 Å². The number of hydrogen-bond donors (Lipinski definition) is 2. The van der Waals surface area contributed by atoms with E-state index in [-0.39, 0.29) is 24.4 Å². The quantitative estimate of drug-likeness (QED) is 0.872. The third-order valence-corrected chi connectivity index (χ3v) is 4.23. The van der Waals surface area contributed by atoms with Gasteiger partial charge in [0.1, 0.15) is 0 Å². The third-order valence-electron chi connectivity index (χ3n) is 3.99. The Morgan fingerprint density at radius 2 is 2.00 bits per heavy atom. The van der Waals surface area contributed by atoms with Crippen molar-refractivity contribution in [1.82, 2.24) is 10.2 Å². The molecule has 1 aliphatic rings. The zero-order valence-electron chi connectivity index (χ0n) is 13.2. The second-order valence-corrected chi connectivity index (χ2v) is 6.10. The molecule has 0 saturated carbocycles. The van der Waals surface area contributed by atoms with Crippen molar-refractivity contribution in [3.05, 3.63) is 65.2 Å². The van der Waals surface area contributed by atoms with Gasteiger partial charge in [-0.2, -0.15) is 0 Å². The molecular weight excluding hydrogens is 345 g/mol. The molecule has 24 heavy (non-hydrogen) atoms. The number of benzene rings is 2. The van der Waals surface area contributed by atoms with Gasteiger partial charge in [-0.05, 0) is 29.8 Å². The number of carbonyl (C=O) groups excluding carboxylic acids is 1. The molecule has 1 unspecified atom stereocenters. The molecule has 1 atom stereocenters. The van der Waals surface area contributed by atoms with Crippen LogP contribution in [0.15, 0.2) is 54.6 Å². The van der Waals surface area contributed by atoms with Gasteiger partial charge in [-0.15, -0.1) is 12.4 Å². The van der Waals surface area contributed by atoms with Crippen LogP contribution in [0, 0.1) is 0 Å². The molecule has 0 bridgehead atoms. The molecule has 2 N–H and O–H groups in total. The Kier molecular flexibility index (Phi) is 7.06. The maximum absolute atomic E-state index is 12.3. The van der Waals surface area contributed by atoms with E-state index in [2.05, 4.69) is 21.6 Å². The molecule has 1 fully saturated rings. The molecule has 128 valence electrons. The highest BCUT2D eigenvalue weighted by atomic mass is 35.5. The van der Waals surface area contributed by atoms with Crippen LogP contribution in [0.4, 0.5) is 5.69 Å². The molecule has 0 aromatic heterocycles. The van der Waals surface area contributed by atoms with Crippen molar-refractivity contribution in [2.75, 3.05) is 31.5 Å². The number of rotatable bonds is 4. The zero-order chi connectivity index (χ0) is 16.1. The predicted octanol–water partition coefficient (Wildman–Crippen LogP) is 3.35. The smallest absolute Gasteiger partial charge is 0.238 e. The monoisotopic (exact) mass is 365 g/mol. The summed E-state index contributed by atoms with van der Waals surface area (Å²) in [4.78, 5) is 14.5. The van der Waals surface area contributed by atoms with Gasteiger partial charge < -0.3 is 10.6 Å². The normalized spacial score (nSPS) is 17.8. The molecule has 2 aromatic carbocycles. The molecule has 1 amide bonds. The topological polar surface area (TPSA) is 44.4 Å². The van der Waals surface area contributed by atoms with Crippen molar-refractivity contribution in [2.24, 2.45) is 0 Å². The molecule has 6 heteroatoms. The minimum atomic E-state index is 0. The lowest BCUT2D eigenvalue weighted by atomic mass is 10.0. The minimum Gasteiger partial charge on any atom is -0.325 e. The summed E-state index contributed by atoms with van der Waals surface area (Å²) in [6.07, 6.45) is 0. The SMILES string of the molecule is Cl.O=C(CN1CCNCC1c1cccc(Cl)c1)Nc1ccccc1. The fraction of sp³-hybridized carbons (Fsp3) is 0.278. The van der Waals surface area contributed by atoms with Gasteiger partial charge in [-0.3, -0.25) is 9.69 Å². The fourth-order valence-corrected chi connectivity index (χ4v) is 3.08. The van der Waals surface area contributed by atoms with Crippen molar-refractivity contribution >= 4 is 35.6 Å². The molecular formula is C18H21Cl2N3O. The van der Waals surface area contributed by atoms with Crippen LogP contribution >= 0.6 is 24.0 Å². The van der Waals surface area contributed by atoms with E-state index in [0.29, 0.717) is 6.54 Å². The summed E-state index contributed by atoms with van der Waals surface area (Å²) >= 11 is 6.11. The van der Waals surface area contributed by atoms with Crippen molar-refractivity contribution in [3.63, 3.8) is 0 Å². The summed E-state index contributed by atoms with van der Waals surface area (Å²) in [6, 6.07) is 17.6. The lowest BCUT2D eigenvalue weighted by molar-refractivity contribution is -0.118. The lowest BCUT2D eigenvalue weighted by Crippen LogP contribution is -2.48. The molecule has 2 aromatic rings. The average Bonchev–Trinajstić information content (AvgIpc) is 2.56. The first kappa shape index (κ1) is 18.7. The maximum atomic E-state index is 12.3. The Balaban J connectivity index is 0.00000208. The van der Waals surface area contributed by atoms with Crippen molar-refractivity contribution in [2.45, 2.75) is 6.04 Å². The number of halogens is 2. The number of nitrogens with zero attached hydrogens (tertiary/aromatic N) is 1. The van der Waals surface area contributed by atoms with Crippen molar-refractivity contribution < 1.29 is 4.79 Å². The number of hydrogen-bond acceptors (Lipinski definition) is 3. The van der Waals surface area contributed by atoms with Gasteiger partial charge in [-0.25, -0.2) is 0 Å². The predicted molar refractivity (Wildman–Crippen MR) is 101 cm³/mol. The molecule has 1 saturated heterocycles. The van der Waals surface area contributed by atoms with Crippen LogP contribution in [-0.2, 0) is 4.79 Å². The number of amides is 1. The molecule has 0 radical (unpaired) electrons. The summed E-state index contributed by atoms with van der Waals surface area (Å²) in [5.74, 6) is 0.00475. The number of piperazine rings is 1. The maximum Gasteiger partial charge on any atom is 0.238 e. The van der Waals surface area contributed by atoms with E-state index in [9.17, 15) is 4.79 Å². The lowest BCUT2D eigenvalue weighted by Gasteiger charge is -2.36. The van der Waals surface area contributed by atoms with Gasteiger partial charge in [0.25, 0.3) is 0 Å². The number of anilines is 1. The van der Waals surface area contributed by atoms with E-state index in [4.69, 9.17) is 11.6 Å². The van der Waals surface area contributed by atoms with E-state index in [1.807, 2.05) is 48.5 Å². The van der Waals surface area contributed by atoms with Gasteiger partial charge in [0, 0.05) is 36.4 Å². The number of carbonyl (C=O) groups is 1. The highest BCUT2D eigenvalue weighted by molar-refractivity contribution is 6.30. The van der Waals surface area contributed by atoms with E-state index in [0.717, 1.165) is 35.9 Å². The first-order valence-corrected chi connectivity index (χ1v) is 8.15. The van der Waals surface area contributed by atoms with Crippen molar-refractivity contribution in [3.8, 4) is 0 Å². The molecule has 3 rings (SSSR count). The number of nitrogens with one attached hydrogen (secondary N) is 2. The summed E-state index contributed by atoms with van der Waals surface area (Å²) in [5.41, 5.74) is 1.96. The average molecular weight is 366 g/mol.